The molecule has 104 heavy (non-hydrogen) atoms. The fourth-order valence-electron chi connectivity index (χ4n) is 14.5. The summed E-state index contributed by atoms with van der Waals surface area (Å²) < 4.78 is 9.78. The Bertz CT molecular complexity index is 6840. The fourth-order valence-corrected chi connectivity index (χ4v) is 17.0. The molecule has 20 aromatic rings. The number of hydrogen-bond acceptors (Lipinski definition) is 10. The minimum absolute atomic E-state index is 0.518. The highest BCUT2D eigenvalue weighted by molar-refractivity contribution is 7.26. The number of nitriles is 2. The van der Waals surface area contributed by atoms with Crippen LogP contribution in [0.15, 0.2) is 328 Å². The number of thiophene rings is 2. The molecule has 0 aliphatic heterocycles. The van der Waals surface area contributed by atoms with Crippen LogP contribution in [0.25, 0.3) is 186 Å². The van der Waals surface area contributed by atoms with Gasteiger partial charge < -0.3 is 9.13 Å². The van der Waals surface area contributed by atoms with Crippen molar-refractivity contribution in [2.24, 2.45) is 0 Å². The van der Waals surface area contributed by atoms with Crippen LogP contribution in [0.5, 0.6) is 0 Å². The standard InChI is InChI=1S/2C46H27N5S/c47-28-29-21-23-40-38(25-29)39-27-32(35-18-10-19-37-36-17-7-8-20-42(36)52-43(35)37)22-24-41(39)51(40)34-16-9-15-33(26-34)46-49-44(30-11-3-1-4-12-30)48-45(50-46)31-13-5-2-6-14-31;47-28-29-11-8-14-32(25-29)45-48-44(30-12-2-1-3-13-30)49-46(50-45)33-15-9-16-34(26-33)51-40-21-6-4-17-36(40)39-27-31(23-24-41(39)51)35-19-10-20-38-37-18-5-7-22-42(37)52-43(35)38/h2*1-27H. The second-order valence-electron chi connectivity index (χ2n) is 25.6. The molecule has 0 bridgehead atoms. The first-order valence-corrected chi connectivity index (χ1v) is 35.8. The number of hydrogen-bond donors (Lipinski definition) is 0. The molecule has 0 N–H and O–H groups in total. The van der Waals surface area contributed by atoms with E-state index in [4.69, 9.17) is 29.9 Å². The van der Waals surface area contributed by atoms with E-state index < -0.39 is 0 Å². The Morgan fingerprint density at radius 2 is 0.567 bits per heavy atom. The average molecular weight is 1360 g/mol. The van der Waals surface area contributed by atoms with Crippen molar-refractivity contribution in [2.45, 2.75) is 0 Å². The largest absolute Gasteiger partial charge is 0.309 e. The van der Waals surface area contributed by atoms with Crippen molar-refractivity contribution < 1.29 is 0 Å². The zero-order chi connectivity index (χ0) is 69.2. The van der Waals surface area contributed by atoms with Gasteiger partial charge in [-0.05, 0) is 119 Å². The Kier molecular flexibility index (Phi) is 15.1. The number of aromatic nitrogens is 8. The molecule has 20 rings (SSSR count). The second-order valence-corrected chi connectivity index (χ2v) is 27.7. The van der Waals surface area contributed by atoms with Crippen LogP contribution in [-0.2, 0) is 0 Å². The third kappa shape index (κ3) is 10.9. The van der Waals surface area contributed by atoms with E-state index in [1.807, 2.05) is 156 Å². The van der Waals surface area contributed by atoms with Crippen molar-refractivity contribution in [3.8, 4) is 114 Å². The van der Waals surface area contributed by atoms with Gasteiger partial charge >= 0.3 is 0 Å². The fraction of sp³-hybridized carbons (Fsp3) is 0. The summed E-state index contributed by atoms with van der Waals surface area (Å²) in [7, 11) is 0. The lowest BCUT2D eigenvalue weighted by atomic mass is 10.0. The Morgan fingerprint density at radius 1 is 0.231 bits per heavy atom. The maximum Gasteiger partial charge on any atom is 0.164 e. The SMILES string of the molecule is N#Cc1ccc2c(c1)c1cc(-c3cccc4c3sc3ccccc34)ccc1n2-c1cccc(-c2nc(-c3ccccc3)nc(-c3ccccc3)n2)c1.N#Cc1cccc(-c2nc(-c3ccccc3)nc(-c3cccc(-n4c5ccccc5c5cc(-c6cccc7c6sc6ccccc67)ccc54)c3)n2)c1. The molecule has 6 aromatic heterocycles. The molecular weight excluding hydrogens is 1310 g/mol. The molecule has 0 spiro atoms. The minimum atomic E-state index is 0.518. The van der Waals surface area contributed by atoms with Crippen LogP contribution in [0.2, 0.25) is 0 Å². The summed E-state index contributed by atoms with van der Waals surface area (Å²) in [5.74, 6) is 3.50. The van der Waals surface area contributed by atoms with Gasteiger partial charge in [0.25, 0.3) is 0 Å². The average Bonchev–Trinajstić information content (AvgIpc) is 1.57. The van der Waals surface area contributed by atoms with Gasteiger partial charge in [0.05, 0.1) is 45.3 Å². The third-order valence-electron chi connectivity index (χ3n) is 19.3. The Morgan fingerprint density at radius 3 is 1.04 bits per heavy atom. The van der Waals surface area contributed by atoms with Gasteiger partial charge in [-0.15, -0.1) is 22.7 Å². The summed E-state index contributed by atoms with van der Waals surface area (Å²) in [6.07, 6.45) is 0. The normalized spacial score (nSPS) is 11.4. The van der Waals surface area contributed by atoms with E-state index in [9.17, 15) is 10.5 Å². The van der Waals surface area contributed by atoms with Gasteiger partial charge in [-0.2, -0.15) is 10.5 Å². The van der Waals surface area contributed by atoms with Crippen LogP contribution in [-0.4, -0.2) is 39.0 Å². The van der Waals surface area contributed by atoms with Gasteiger partial charge in [0.2, 0.25) is 0 Å². The van der Waals surface area contributed by atoms with E-state index in [2.05, 4.69) is 209 Å². The van der Waals surface area contributed by atoms with E-state index in [-0.39, 0.29) is 0 Å². The summed E-state index contributed by atoms with van der Waals surface area (Å²) in [5, 5.41) is 29.2. The molecule has 0 unspecified atom stereocenters. The number of para-hydroxylation sites is 1. The molecule has 0 saturated heterocycles. The lowest BCUT2D eigenvalue weighted by Crippen LogP contribution is -2.01. The van der Waals surface area contributed by atoms with E-state index in [0.29, 0.717) is 46.1 Å². The summed E-state index contributed by atoms with van der Waals surface area (Å²) in [5.41, 5.74) is 17.6. The monoisotopic (exact) mass is 1360 g/mol. The Hall–Kier alpha value is -13.9. The van der Waals surface area contributed by atoms with E-state index >= 15 is 0 Å². The molecule has 0 aliphatic carbocycles. The number of rotatable bonds is 10. The van der Waals surface area contributed by atoms with Crippen LogP contribution >= 0.6 is 22.7 Å². The first-order chi connectivity index (χ1) is 51.4. The highest BCUT2D eigenvalue weighted by Gasteiger charge is 2.22. The zero-order valence-corrected chi connectivity index (χ0v) is 57.1. The molecule has 0 saturated carbocycles. The molecule has 0 aliphatic rings. The molecule has 0 amide bonds. The van der Waals surface area contributed by atoms with E-state index in [1.165, 1.54) is 67.8 Å². The maximum absolute atomic E-state index is 9.91. The predicted molar refractivity (Wildman–Crippen MR) is 427 cm³/mol. The van der Waals surface area contributed by atoms with Crippen molar-refractivity contribution in [1.29, 1.82) is 10.5 Å². The van der Waals surface area contributed by atoms with Crippen LogP contribution in [0.3, 0.4) is 0 Å². The highest BCUT2D eigenvalue weighted by atomic mass is 32.1. The van der Waals surface area contributed by atoms with Gasteiger partial charge in [0.15, 0.2) is 34.9 Å². The number of benzene rings is 14. The van der Waals surface area contributed by atoms with Crippen molar-refractivity contribution in [3.63, 3.8) is 0 Å². The topological polar surface area (TPSA) is 135 Å². The quantitative estimate of drug-likeness (QED) is 0.132. The molecular formula is C92H54N10S2. The number of nitrogens with zero attached hydrogens (tertiary/aromatic N) is 10. The van der Waals surface area contributed by atoms with Crippen molar-refractivity contribution >= 4 is 107 Å². The van der Waals surface area contributed by atoms with E-state index in [0.717, 1.165) is 83.2 Å². The molecule has 12 heteroatoms. The minimum Gasteiger partial charge on any atom is -0.309 e. The Balaban J connectivity index is 0.000000143. The molecule has 0 fully saturated rings. The van der Waals surface area contributed by atoms with Crippen molar-refractivity contribution in [3.05, 3.63) is 339 Å². The maximum atomic E-state index is 9.91. The molecule has 0 atom stereocenters. The van der Waals surface area contributed by atoms with Gasteiger partial charge in [0, 0.05) is 107 Å². The smallest absolute Gasteiger partial charge is 0.164 e. The summed E-state index contributed by atoms with van der Waals surface area (Å²) in [6.45, 7) is 0. The van der Waals surface area contributed by atoms with Crippen molar-refractivity contribution in [1.82, 2.24) is 39.0 Å². The Labute approximate surface area is 604 Å². The van der Waals surface area contributed by atoms with Gasteiger partial charge in [-0.25, -0.2) is 29.9 Å². The highest BCUT2D eigenvalue weighted by Crippen LogP contribution is 2.45. The molecule has 6 heterocycles. The lowest BCUT2D eigenvalue weighted by Gasteiger charge is -2.12. The lowest BCUT2D eigenvalue weighted by molar-refractivity contribution is 1.07. The predicted octanol–water partition coefficient (Wildman–Crippen LogP) is 23.8. The van der Waals surface area contributed by atoms with Gasteiger partial charge in [0.1, 0.15) is 0 Å². The molecule has 0 radical (unpaired) electrons. The molecule has 14 aromatic carbocycles. The van der Waals surface area contributed by atoms with E-state index in [1.54, 1.807) is 6.07 Å². The molecule has 10 nitrogen and oxygen atoms in total. The first kappa shape index (κ1) is 61.2. The second kappa shape index (κ2) is 25.7. The van der Waals surface area contributed by atoms with Gasteiger partial charge in [-0.1, -0.05) is 231 Å². The summed E-state index contributed by atoms with van der Waals surface area (Å²) in [6, 6.07) is 117. The molecule has 484 valence electrons. The summed E-state index contributed by atoms with van der Waals surface area (Å²) in [4.78, 5) is 29.7. The third-order valence-corrected chi connectivity index (χ3v) is 21.8. The van der Waals surface area contributed by atoms with Gasteiger partial charge in [-0.3, -0.25) is 0 Å². The van der Waals surface area contributed by atoms with Crippen LogP contribution in [0, 0.1) is 22.7 Å². The number of fused-ring (bicyclic) bond motifs is 12. The zero-order valence-electron chi connectivity index (χ0n) is 55.5. The van der Waals surface area contributed by atoms with Crippen LogP contribution in [0.4, 0.5) is 0 Å². The summed E-state index contributed by atoms with van der Waals surface area (Å²) >= 11 is 3.69. The van der Waals surface area contributed by atoms with Crippen LogP contribution in [0.1, 0.15) is 11.1 Å². The van der Waals surface area contributed by atoms with Crippen molar-refractivity contribution in [2.75, 3.05) is 0 Å². The first-order valence-electron chi connectivity index (χ1n) is 34.2. The van der Waals surface area contributed by atoms with Crippen LogP contribution < -0.4 is 0 Å².